The maximum atomic E-state index is 5.30. The monoisotopic (exact) mass is 208 g/mol. The van der Waals surface area contributed by atoms with Crippen molar-refractivity contribution < 1.29 is 9.47 Å². The third-order valence-electron chi connectivity index (χ3n) is 2.49. The summed E-state index contributed by atoms with van der Waals surface area (Å²) in [5.41, 5.74) is 0.984. The van der Waals surface area contributed by atoms with Crippen LogP contribution in [0.3, 0.4) is 0 Å². The molecular formula is C11H16N2O2. The summed E-state index contributed by atoms with van der Waals surface area (Å²) in [4.78, 5) is 4.42. The number of hydrogen-bond donors (Lipinski definition) is 1. The largest absolute Gasteiger partial charge is 0.493 e. The normalized spacial score (nSPS) is 20.3. The van der Waals surface area contributed by atoms with Crippen molar-refractivity contribution in [3.05, 3.63) is 17.8 Å². The second-order valence-corrected chi connectivity index (χ2v) is 3.71. The Balaban J connectivity index is 2.14. The van der Waals surface area contributed by atoms with Crippen LogP contribution in [0, 0.1) is 6.92 Å². The van der Waals surface area contributed by atoms with Gasteiger partial charge in [0.05, 0.1) is 19.8 Å². The summed E-state index contributed by atoms with van der Waals surface area (Å²) < 4.78 is 10.5. The van der Waals surface area contributed by atoms with Crippen LogP contribution in [-0.2, 0) is 4.74 Å². The Kier molecular flexibility index (Phi) is 3.06. The second kappa shape index (κ2) is 4.49. The van der Waals surface area contributed by atoms with Crippen molar-refractivity contribution in [2.45, 2.75) is 19.4 Å². The average Bonchev–Trinajstić information content (AvgIpc) is 2.71. The first-order valence-electron chi connectivity index (χ1n) is 5.15. The Hall–Kier alpha value is -1.29. The molecule has 1 aliphatic rings. The quantitative estimate of drug-likeness (QED) is 0.819. The minimum absolute atomic E-state index is 0.355. The Morgan fingerprint density at radius 2 is 2.40 bits per heavy atom. The van der Waals surface area contributed by atoms with Crippen LogP contribution >= 0.6 is 0 Å². The van der Waals surface area contributed by atoms with E-state index in [1.807, 2.05) is 19.1 Å². The lowest BCUT2D eigenvalue weighted by Gasteiger charge is -2.14. The molecule has 1 aliphatic heterocycles. The van der Waals surface area contributed by atoms with Crippen LogP contribution in [0.5, 0.6) is 5.75 Å². The van der Waals surface area contributed by atoms with E-state index < -0.39 is 0 Å². The fourth-order valence-electron chi connectivity index (χ4n) is 1.65. The number of methoxy groups -OCH3 is 1. The lowest BCUT2D eigenvalue weighted by molar-refractivity contribution is 0.195. The topological polar surface area (TPSA) is 43.4 Å². The zero-order valence-electron chi connectivity index (χ0n) is 9.12. The van der Waals surface area contributed by atoms with E-state index in [-0.39, 0.29) is 0 Å². The molecule has 2 rings (SSSR count). The molecule has 0 saturated carbocycles. The number of anilines is 1. The van der Waals surface area contributed by atoms with Crippen LogP contribution in [0.1, 0.15) is 12.1 Å². The van der Waals surface area contributed by atoms with Gasteiger partial charge in [-0.3, -0.25) is 0 Å². The van der Waals surface area contributed by atoms with Crippen molar-refractivity contribution in [1.29, 1.82) is 0 Å². The number of nitrogens with one attached hydrogen (secondary N) is 1. The maximum absolute atomic E-state index is 5.30. The standard InChI is InChI=1S/C11H16N2O2/c1-8-3-4-10(14-2)11(12-8)13-9-5-6-15-7-9/h3-4,9H,5-7H2,1-2H3,(H,12,13). The van der Waals surface area contributed by atoms with Crippen LogP contribution in [0.2, 0.25) is 0 Å². The molecule has 4 nitrogen and oxygen atoms in total. The molecule has 0 aliphatic carbocycles. The Bertz CT molecular complexity index is 335. The van der Waals surface area contributed by atoms with E-state index in [1.165, 1.54) is 0 Å². The van der Waals surface area contributed by atoms with Gasteiger partial charge in [-0.1, -0.05) is 0 Å². The molecule has 0 radical (unpaired) electrons. The first kappa shape index (κ1) is 10.2. The number of hydrogen-bond acceptors (Lipinski definition) is 4. The first-order valence-corrected chi connectivity index (χ1v) is 5.15. The molecule has 1 N–H and O–H groups in total. The second-order valence-electron chi connectivity index (χ2n) is 3.71. The van der Waals surface area contributed by atoms with Gasteiger partial charge in [-0.15, -0.1) is 0 Å². The fraction of sp³-hybridized carbons (Fsp3) is 0.545. The van der Waals surface area contributed by atoms with Crippen molar-refractivity contribution in [2.75, 3.05) is 25.6 Å². The summed E-state index contributed by atoms with van der Waals surface area (Å²) in [5.74, 6) is 1.60. The lowest BCUT2D eigenvalue weighted by Crippen LogP contribution is -2.20. The van der Waals surface area contributed by atoms with Crippen LogP contribution in [0.4, 0.5) is 5.82 Å². The molecule has 0 amide bonds. The average molecular weight is 208 g/mol. The van der Waals surface area contributed by atoms with E-state index in [1.54, 1.807) is 7.11 Å². The molecule has 1 saturated heterocycles. The zero-order valence-corrected chi connectivity index (χ0v) is 9.12. The van der Waals surface area contributed by atoms with E-state index in [0.717, 1.165) is 36.9 Å². The smallest absolute Gasteiger partial charge is 0.169 e. The number of rotatable bonds is 3. The molecule has 2 heterocycles. The van der Waals surface area contributed by atoms with E-state index in [4.69, 9.17) is 9.47 Å². The SMILES string of the molecule is COc1ccc(C)nc1NC1CCOC1. The molecule has 1 aromatic rings. The van der Waals surface area contributed by atoms with Crippen molar-refractivity contribution in [1.82, 2.24) is 4.98 Å². The minimum atomic E-state index is 0.355. The molecule has 15 heavy (non-hydrogen) atoms. The molecule has 1 atom stereocenters. The highest BCUT2D eigenvalue weighted by Gasteiger charge is 2.17. The van der Waals surface area contributed by atoms with Crippen LogP contribution < -0.4 is 10.1 Å². The number of ether oxygens (including phenoxy) is 2. The van der Waals surface area contributed by atoms with Crippen LogP contribution in [-0.4, -0.2) is 31.3 Å². The molecule has 1 unspecified atom stereocenters. The molecular weight excluding hydrogens is 192 g/mol. The van der Waals surface area contributed by atoms with Gasteiger partial charge < -0.3 is 14.8 Å². The highest BCUT2D eigenvalue weighted by Crippen LogP contribution is 2.23. The van der Waals surface area contributed by atoms with Crippen LogP contribution in [0.15, 0.2) is 12.1 Å². The maximum Gasteiger partial charge on any atom is 0.169 e. The predicted octanol–water partition coefficient (Wildman–Crippen LogP) is 1.60. The molecule has 0 bridgehead atoms. The lowest BCUT2D eigenvalue weighted by atomic mass is 10.2. The number of aryl methyl sites for hydroxylation is 1. The molecule has 4 heteroatoms. The van der Waals surface area contributed by atoms with Crippen LogP contribution in [0.25, 0.3) is 0 Å². The molecule has 1 fully saturated rings. The first-order chi connectivity index (χ1) is 7.29. The summed E-state index contributed by atoms with van der Waals surface area (Å²) in [6.45, 7) is 3.54. The number of aromatic nitrogens is 1. The summed E-state index contributed by atoms with van der Waals surface area (Å²) >= 11 is 0. The Morgan fingerprint density at radius 1 is 1.53 bits per heavy atom. The van der Waals surface area contributed by atoms with Gasteiger partial charge in [-0.25, -0.2) is 4.98 Å². The fourth-order valence-corrected chi connectivity index (χ4v) is 1.65. The van der Waals surface area contributed by atoms with Gasteiger partial charge in [0.2, 0.25) is 0 Å². The molecule has 0 aromatic carbocycles. The summed E-state index contributed by atoms with van der Waals surface area (Å²) in [6, 6.07) is 4.23. The zero-order chi connectivity index (χ0) is 10.7. The van der Waals surface area contributed by atoms with Crippen molar-refractivity contribution in [2.24, 2.45) is 0 Å². The third kappa shape index (κ3) is 2.39. The highest BCUT2D eigenvalue weighted by molar-refractivity contribution is 5.51. The van der Waals surface area contributed by atoms with Gasteiger partial charge in [0.25, 0.3) is 0 Å². The van der Waals surface area contributed by atoms with E-state index in [0.29, 0.717) is 6.04 Å². The van der Waals surface area contributed by atoms with Gasteiger partial charge in [-0.2, -0.15) is 0 Å². The Labute approximate surface area is 89.6 Å². The van der Waals surface area contributed by atoms with Gasteiger partial charge >= 0.3 is 0 Å². The molecule has 0 spiro atoms. The molecule has 82 valence electrons. The van der Waals surface area contributed by atoms with Gasteiger partial charge in [0.15, 0.2) is 11.6 Å². The van der Waals surface area contributed by atoms with E-state index >= 15 is 0 Å². The number of pyridine rings is 1. The van der Waals surface area contributed by atoms with Crippen molar-refractivity contribution >= 4 is 5.82 Å². The minimum Gasteiger partial charge on any atom is -0.493 e. The third-order valence-corrected chi connectivity index (χ3v) is 2.49. The van der Waals surface area contributed by atoms with Gasteiger partial charge in [0, 0.05) is 12.3 Å². The summed E-state index contributed by atoms with van der Waals surface area (Å²) in [6.07, 6.45) is 1.03. The predicted molar refractivity (Wildman–Crippen MR) is 58.4 cm³/mol. The Morgan fingerprint density at radius 3 is 3.07 bits per heavy atom. The van der Waals surface area contributed by atoms with E-state index in [9.17, 15) is 0 Å². The van der Waals surface area contributed by atoms with Gasteiger partial charge in [0.1, 0.15) is 0 Å². The van der Waals surface area contributed by atoms with Crippen molar-refractivity contribution in [3.63, 3.8) is 0 Å². The number of nitrogens with zero attached hydrogens (tertiary/aromatic N) is 1. The summed E-state index contributed by atoms with van der Waals surface area (Å²) in [7, 11) is 1.66. The molecule has 1 aromatic heterocycles. The highest BCUT2D eigenvalue weighted by atomic mass is 16.5. The van der Waals surface area contributed by atoms with E-state index in [2.05, 4.69) is 10.3 Å². The van der Waals surface area contributed by atoms with Gasteiger partial charge in [-0.05, 0) is 25.5 Å². The summed E-state index contributed by atoms with van der Waals surface area (Å²) in [5, 5.41) is 3.34. The van der Waals surface area contributed by atoms with Crippen molar-refractivity contribution in [3.8, 4) is 5.75 Å².